The van der Waals surface area contributed by atoms with Crippen molar-refractivity contribution in [2.45, 2.75) is 13.8 Å². The van der Waals surface area contributed by atoms with Crippen LogP contribution < -0.4 is 4.90 Å². The molecule has 3 aromatic rings. The lowest BCUT2D eigenvalue weighted by Crippen LogP contribution is -2.22. The first-order valence-corrected chi connectivity index (χ1v) is 7.00. The van der Waals surface area contributed by atoms with Crippen molar-refractivity contribution in [1.82, 2.24) is 0 Å². The number of nitrogens with zero attached hydrogens (tertiary/aromatic N) is 1. The topological polar surface area (TPSA) is 3.24 Å². The Balaban J connectivity index is 2.45. The van der Waals surface area contributed by atoms with E-state index in [1.54, 1.807) is 0 Å². The Morgan fingerprint density at radius 1 is 0.737 bits per heavy atom. The summed E-state index contributed by atoms with van der Waals surface area (Å²) in [5.74, 6) is 0. The summed E-state index contributed by atoms with van der Waals surface area (Å²) in [5.41, 5.74) is 1.37. The van der Waals surface area contributed by atoms with Crippen LogP contribution in [-0.2, 0) is 0 Å². The van der Waals surface area contributed by atoms with Gasteiger partial charge in [0, 0.05) is 23.9 Å². The third-order valence-electron chi connectivity index (χ3n) is 3.82. The normalized spacial score (nSPS) is 11.1. The Morgan fingerprint density at radius 3 is 1.68 bits per heavy atom. The molecule has 3 aromatic carbocycles. The number of benzene rings is 3. The second-order valence-electron chi connectivity index (χ2n) is 4.84. The highest BCUT2D eigenvalue weighted by Crippen LogP contribution is 2.35. The third kappa shape index (κ3) is 1.95. The largest absolute Gasteiger partial charge is 0.371 e. The zero-order valence-electron chi connectivity index (χ0n) is 11.6. The molecule has 0 heterocycles. The first-order valence-electron chi connectivity index (χ1n) is 7.00. The van der Waals surface area contributed by atoms with E-state index in [2.05, 4.69) is 73.3 Å². The summed E-state index contributed by atoms with van der Waals surface area (Å²) in [6.07, 6.45) is 0. The predicted molar refractivity (Wildman–Crippen MR) is 85.0 cm³/mol. The monoisotopic (exact) mass is 249 g/mol. The molecule has 0 aromatic heterocycles. The number of anilines is 1. The molecule has 0 spiro atoms. The Kier molecular flexibility index (Phi) is 3.12. The fourth-order valence-corrected chi connectivity index (χ4v) is 2.87. The van der Waals surface area contributed by atoms with Crippen LogP contribution in [-0.4, -0.2) is 13.1 Å². The Labute approximate surface area is 114 Å². The Morgan fingerprint density at radius 2 is 1.21 bits per heavy atom. The molecule has 0 bridgehead atoms. The molecule has 3 rings (SSSR count). The summed E-state index contributed by atoms with van der Waals surface area (Å²) in [4.78, 5) is 2.45. The molecule has 19 heavy (non-hydrogen) atoms. The highest BCUT2D eigenvalue weighted by atomic mass is 15.1. The molecule has 0 aliphatic heterocycles. The molecule has 1 heteroatoms. The molecule has 0 N–H and O–H groups in total. The second kappa shape index (κ2) is 4.93. The Bertz CT molecular complexity index is 657. The van der Waals surface area contributed by atoms with Crippen molar-refractivity contribution in [1.29, 1.82) is 0 Å². The number of hydrogen-bond acceptors (Lipinski definition) is 1. The summed E-state index contributed by atoms with van der Waals surface area (Å²) in [7, 11) is 0. The van der Waals surface area contributed by atoms with E-state index in [0.29, 0.717) is 0 Å². The fourth-order valence-electron chi connectivity index (χ4n) is 2.87. The van der Waals surface area contributed by atoms with Crippen molar-refractivity contribution in [3.05, 3.63) is 54.6 Å². The lowest BCUT2D eigenvalue weighted by Gasteiger charge is -2.25. The number of hydrogen-bond donors (Lipinski definition) is 0. The van der Waals surface area contributed by atoms with E-state index < -0.39 is 0 Å². The highest BCUT2D eigenvalue weighted by molar-refractivity contribution is 6.11. The third-order valence-corrected chi connectivity index (χ3v) is 3.82. The maximum absolute atomic E-state index is 2.45. The summed E-state index contributed by atoms with van der Waals surface area (Å²) in [5, 5.41) is 5.35. The average Bonchev–Trinajstić information content (AvgIpc) is 2.47. The molecule has 0 radical (unpaired) electrons. The van der Waals surface area contributed by atoms with Gasteiger partial charge in [0.2, 0.25) is 0 Å². The van der Waals surface area contributed by atoms with E-state index in [9.17, 15) is 0 Å². The molecule has 0 saturated heterocycles. The van der Waals surface area contributed by atoms with Gasteiger partial charge in [-0.3, -0.25) is 0 Å². The van der Waals surface area contributed by atoms with Crippen LogP contribution >= 0.6 is 0 Å². The molecule has 0 aliphatic carbocycles. The molecule has 1 nitrogen and oxygen atoms in total. The summed E-state index contributed by atoms with van der Waals surface area (Å²) in [6, 6.07) is 19.6. The van der Waals surface area contributed by atoms with Gasteiger partial charge in [-0.2, -0.15) is 0 Å². The van der Waals surface area contributed by atoms with Crippen molar-refractivity contribution in [2.24, 2.45) is 0 Å². The summed E-state index contributed by atoms with van der Waals surface area (Å²) < 4.78 is 0. The highest BCUT2D eigenvalue weighted by Gasteiger charge is 2.11. The van der Waals surface area contributed by atoms with Gasteiger partial charge in [0.05, 0.1) is 5.69 Å². The van der Waals surface area contributed by atoms with Gasteiger partial charge in [-0.25, -0.2) is 0 Å². The zero-order valence-corrected chi connectivity index (χ0v) is 11.6. The lowest BCUT2D eigenvalue weighted by atomic mass is 10.00. The first-order chi connectivity index (χ1) is 9.35. The van der Waals surface area contributed by atoms with E-state index in [-0.39, 0.29) is 0 Å². The quantitative estimate of drug-likeness (QED) is 0.600. The van der Waals surface area contributed by atoms with Gasteiger partial charge in [-0.05, 0) is 30.7 Å². The molecular weight excluding hydrogens is 230 g/mol. The molecule has 0 aliphatic rings. The van der Waals surface area contributed by atoms with Crippen molar-refractivity contribution >= 4 is 27.2 Å². The van der Waals surface area contributed by atoms with Crippen LogP contribution in [0.4, 0.5) is 5.69 Å². The van der Waals surface area contributed by atoms with Gasteiger partial charge in [-0.15, -0.1) is 0 Å². The minimum Gasteiger partial charge on any atom is -0.371 e. The molecular formula is C18H19N. The molecule has 0 saturated carbocycles. The first kappa shape index (κ1) is 12.0. The average molecular weight is 249 g/mol. The lowest BCUT2D eigenvalue weighted by molar-refractivity contribution is 0.874. The van der Waals surface area contributed by atoms with Crippen LogP contribution in [0.5, 0.6) is 0 Å². The molecule has 96 valence electrons. The molecule has 0 atom stereocenters. The number of fused-ring (bicyclic) bond motifs is 2. The minimum atomic E-state index is 1.04. The fraction of sp³-hybridized carbons (Fsp3) is 0.222. The molecule has 0 amide bonds. The van der Waals surface area contributed by atoms with Crippen LogP contribution in [0.25, 0.3) is 21.5 Å². The van der Waals surface area contributed by atoms with Gasteiger partial charge >= 0.3 is 0 Å². The van der Waals surface area contributed by atoms with E-state index in [1.807, 2.05) is 0 Å². The van der Waals surface area contributed by atoms with Crippen LogP contribution in [0, 0.1) is 0 Å². The zero-order chi connectivity index (χ0) is 13.2. The van der Waals surface area contributed by atoms with E-state index >= 15 is 0 Å². The summed E-state index contributed by atoms with van der Waals surface area (Å²) >= 11 is 0. The van der Waals surface area contributed by atoms with Crippen molar-refractivity contribution in [3.8, 4) is 0 Å². The second-order valence-corrected chi connectivity index (χ2v) is 4.84. The maximum Gasteiger partial charge on any atom is 0.0525 e. The van der Waals surface area contributed by atoms with Crippen LogP contribution in [0.1, 0.15) is 13.8 Å². The minimum absolute atomic E-state index is 1.04. The van der Waals surface area contributed by atoms with E-state index in [0.717, 1.165) is 13.1 Å². The van der Waals surface area contributed by atoms with Gasteiger partial charge < -0.3 is 4.90 Å². The van der Waals surface area contributed by atoms with Crippen LogP contribution in [0.15, 0.2) is 54.6 Å². The molecule has 0 unspecified atom stereocenters. The van der Waals surface area contributed by atoms with Crippen LogP contribution in [0.3, 0.4) is 0 Å². The van der Waals surface area contributed by atoms with Crippen molar-refractivity contribution in [3.63, 3.8) is 0 Å². The van der Waals surface area contributed by atoms with Crippen molar-refractivity contribution in [2.75, 3.05) is 18.0 Å². The summed E-state index contributed by atoms with van der Waals surface area (Å²) in [6.45, 7) is 6.52. The maximum atomic E-state index is 2.45. The number of rotatable bonds is 3. The van der Waals surface area contributed by atoms with E-state index in [1.165, 1.54) is 27.2 Å². The Hall–Kier alpha value is -2.02. The predicted octanol–water partition coefficient (Wildman–Crippen LogP) is 4.84. The van der Waals surface area contributed by atoms with Gasteiger partial charge in [0.1, 0.15) is 0 Å². The van der Waals surface area contributed by atoms with Gasteiger partial charge in [-0.1, -0.05) is 48.5 Å². The standard InChI is InChI=1S/C18H19N/c1-3-19(4-2)18-16-11-7-5-9-14(16)13-15-10-6-8-12-17(15)18/h5-13H,3-4H2,1-2H3. The molecule has 0 fully saturated rings. The van der Waals surface area contributed by atoms with Crippen LogP contribution in [0.2, 0.25) is 0 Å². The smallest absolute Gasteiger partial charge is 0.0525 e. The SMILES string of the molecule is CCN(CC)c1c2ccccc2cc2ccccc12. The van der Waals surface area contributed by atoms with Gasteiger partial charge in [0.25, 0.3) is 0 Å². The van der Waals surface area contributed by atoms with Gasteiger partial charge in [0.15, 0.2) is 0 Å². The van der Waals surface area contributed by atoms with E-state index in [4.69, 9.17) is 0 Å². The van der Waals surface area contributed by atoms with Crippen molar-refractivity contribution < 1.29 is 0 Å².